The molecule has 2 amide bonds. The Hall–Kier alpha value is -3.60. The van der Waals surface area contributed by atoms with Crippen molar-refractivity contribution in [1.82, 2.24) is 15.7 Å². The molecule has 1 fully saturated rings. The van der Waals surface area contributed by atoms with Gasteiger partial charge in [-0.25, -0.2) is 5.48 Å². The molecule has 3 aromatic carbocycles. The molecule has 224 valence electrons. The summed E-state index contributed by atoms with van der Waals surface area (Å²) >= 11 is 0. The van der Waals surface area contributed by atoms with Crippen molar-refractivity contribution < 1.29 is 29.4 Å². The summed E-state index contributed by atoms with van der Waals surface area (Å²) in [6, 6.07) is 26.1. The third-order valence-corrected chi connectivity index (χ3v) is 7.35. The second kappa shape index (κ2) is 16.1. The molecule has 4 N–H and O–H groups in total. The number of aliphatic hydroxyl groups is 1. The first-order valence-electron chi connectivity index (χ1n) is 14.4. The van der Waals surface area contributed by atoms with Crippen molar-refractivity contribution in [2.75, 3.05) is 13.6 Å². The van der Waals surface area contributed by atoms with E-state index in [9.17, 15) is 14.7 Å². The minimum atomic E-state index is -0.545. The van der Waals surface area contributed by atoms with Crippen LogP contribution in [0.1, 0.15) is 72.3 Å². The lowest BCUT2D eigenvalue weighted by atomic mass is 9.99. The van der Waals surface area contributed by atoms with E-state index in [0.717, 1.165) is 35.3 Å². The van der Waals surface area contributed by atoms with Crippen molar-refractivity contribution in [2.24, 2.45) is 0 Å². The number of hydrogen-bond acceptors (Lipinski definition) is 7. The fourth-order valence-electron chi connectivity index (χ4n) is 5.05. The molecule has 4 rings (SSSR count). The van der Waals surface area contributed by atoms with Crippen molar-refractivity contribution in [1.29, 1.82) is 0 Å². The second-order valence-electron chi connectivity index (χ2n) is 10.8. The molecule has 0 spiro atoms. The van der Waals surface area contributed by atoms with Crippen molar-refractivity contribution in [3.05, 3.63) is 107 Å². The first kappa shape index (κ1) is 31.3. The van der Waals surface area contributed by atoms with Crippen molar-refractivity contribution in [3.8, 4) is 0 Å². The van der Waals surface area contributed by atoms with Crippen LogP contribution in [0, 0.1) is 0 Å². The highest BCUT2D eigenvalue weighted by Crippen LogP contribution is 2.38. The molecule has 9 heteroatoms. The van der Waals surface area contributed by atoms with Crippen LogP contribution in [-0.4, -0.2) is 46.7 Å². The Balaban J connectivity index is 1.36. The van der Waals surface area contributed by atoms with E-state index in [-0.39, 0.29) is 31.1 Å². The van der Waals surface area contributed by atoms with Gasteiger partial charge in [-0.2, -0.15) is 0 Å². The average molecular weight is 576 g/mol. The van der Waals surface area contributed by atoms with Gasteiger partial charge in [-0.1, -0.05) is 78.9 Å². The minimum absolute atomic E-state index is 0.000595. The van der Waals surface area contributed by atoms with E-state index in [1.807, 2.05) is 66.7 Å². The molecule has 3 atom stereocenters. The van der Waals surface area contributed by atoms with Gasteiger partial charge in [0.1, 0.15) is 0 Å². The predicted octanol–water partition coefficient (Wildman–Crippen LogP) is 4.54. The number of unbranched alkanes of at least 4 members (excludes halogenated alkanes) is 1. The zero-order valence-electron chi connectivity index (χ0n) is 24.1. The average Bonchev–Trinajstić information content (AvgIpc) is 3.02. The van der Waals surface area contributed by atoms with Crippen LogP contribution in [-0.2, 0) is 38.8 Å². The number of hydrogen-bond donors (Lipinski definition) is 4. The highest BCUT2D eigenvalue weighted by Gasteiger charge is 2.32. The number of amides is 2. The van der Waals surface area contributed by atoms with Crippen LogP contribution in [0.3, 0.4) is 0 Å². The Labute approximate surface area is 247 Å². The maximum absolute atomic E-state index is 12.2. The Morgan fingerprint density at radius 2 is 1.48 bits per heavy atom. The molecule has 42 heavy (non-hydrogen) atoms. The summed E-state index contributed by atoms with van der Waals surface area (Å²) in [7, 11) is 2.10. The van der Waals surface area contributed by atoms with Gasteiger partial charge in [-0.15, -0.1) is 0 Å². The first-order valence-corrected chi connectivity index (χ1v) is 14.4. The van der Waals surface area contributed by atoms with E-state index in [1.165, 1.54) is 5.56 Å². The highest BCUT2D eigenvalue weighted by molar-refractivity contribution is 5.76. The van der Waals surface area contributed by atoms with Crippen LogP contribution >= 0.6 is 0 Å². The lowest BCUT2D eigenvalue weighted by Gasteiger charge is -2.38. The van der Waals surface area contributed by atoms with Crippen LogP contribution in [0.25, 0.3) is 0 Å². The van der Waals surface area contributed by atoms with Gasteiger partial charge >= 0.3 is 0 Å². The molecule has 1 heterocycles. The smallest absolute Gasteiger partial charge is 0.243 e. The number of aliphatic hydroxyl groups excluding tert-OH is 1. The molecule has 0 aliphatic carbocycles. The van der Waals surface area contributed by atoms with E-state index in [1.54, 1.807) is 5.48 Å². The van der Waals surface area contributed by atoms with Gasteiger partial charge in [0.05, 0.1) is 18.8 Å². The third-order valence-electron chi connectivity index (χ3n) is 7.35. The number of rotatable bonds is 14. The van der Waals surface area contributed by atoms with E-state index >= 15 is 0 Å². The Morgan fingerprint density at radius 1 is 0.833 bits per heavy atom. The molecular formula is C33H41N3O6. The van der Waals surface area contributed by atoms with Crippen molar-refractivity contribution in [3.63, 3.8) is 0 Å². The molecule has 1 saturated heterocycles. The van der Waals surface area contributed by atoms with E-state index in [2.05, 4.69) is 29.4 Å². The minimum Gasteiger partial charge on any atom is -0.392 e. The number of carbonyl (C=O) groups excluding carboxylic acids is 2. The standard InChI is InChI=1S/C33H41N3O6/c1-36(21-25-7-3-2-4-8-25)22-29-19-30(27-15-13-26(23-37)14-16-27)42-33(41-29)28-17-11-24(12-18-28)20-34-31(38)9-5-6-10-32(39)35-40/h2-4,7-8,11-18,29-30,33,37,40H,5-6,9-10,19-23H2,1H3,(H,34,38)(H,35,39). The van der Waals surface area contributed by atoms with Crippen molar-refractivity contribution in [2.45, 2.75) is 70.3 Å². The first-order chi connectivity index (χ1) is 20.4. The summed E-state index contributed by atoms with van der Waals surface area (Å²) in [5.74, 6) is -0.530. The molecule has 3 aromatic rings. The van der Waals surface area contributed by atoms with Crippen LogP contribution < -0.4 is 10.8 Å². The number of nitrogens with zero attached hydrogens (tertiary/aromatic N) is 1. The molecule has 1 aliphatic heterocycles. The zero-order valence-corrected chi connectivity index (χ0v) is 24.1. The number of carbonyl (C=O) groups is 2. The molecule has 0 bridgehead atoms. The van der Waals surface area contributed by atoms with Crippen LogP contribution in [0.2, 0.25) is 0 Å². The van der Waals surface area contributed by atoms with Crippen molar-refractivity contribution >= 4 is 11.8 Å². The zero-order chi connectivity index (χ0) is 29.7. The fourth-order valence-corrected chi connectivity index (χ4v) is 5.05. The van der Waals surface area contributed by atoms with Gasteiger partial charge in [0.2, 0.25) is 11.8 Å². The van der Waals surface area contributed by atoms with Gasteiger partial charge in [-0.3, -0.25) is 19.7 Å². The monoisotopic (exact) mass is 575 g/mol. The van der Waals surface area contributed by atoms with E-state index in [0.29, 0.717) is 32.2 Å². The fraction of sp³-hybridized carbons (Fsp3) is 0.394. The second-order valence-corrected chi connectivity index (χ2v) is 10.8. The Kier molecular flexibility index (Phi) is 12.0. The molecule has 0 aromatic heterocycles. The SMILES string of the molecule is CN(Cc1ccccc1)CC1CC(c2ccc(CO)cc2)OC(c2ccc(CNC(=O)CCCCC(=O)NO)cc2)O1. The summed E-state index contributed by atoms with van der Waals surface area (Å²) in [6.45, 7) is 1.96. The summed E-state index contributed by atoms with van der Waals surface area (Å²) in [4.78, 5) is 25.5. The van der Waals surface area contributed by atoms with Gasteiger partial charge in [0.15, 0.2) is 6.29 Å². The van der Waals surface area contributed by atoms with Crippen LogP contribution in [0.4, 0.5) is 0 Å². The van der Waals surface area contributed by atoms with Crippen LogP contribution in [0.15, 0.2) is 78.9 Å². The van der Waals surface area contributed by atoms with E-state index in [4.69, 9.17) is 14.7 Å². The summed E-state index contributed by atoms with van der Waals surface area (Å²) < 4.78 is 12.9. The topological polar surface area (TPSA) is 120 Å². The number of nitrogens with one attached hydrogen (secondary N) is 2. The van der Waals surface area contributed by atoms with Gasteiger partial charge in [0, 0.05) is 44.5 Å². The maximum atomic E-state index is 12.2. The normalized spacial score (nSPS) is 18.5. The number of ether oxygens (including phenoxy) is 2. The van der Waals surface area contributed by atoms with E-state index < -0.39 is 12.2 Å². The number of benzene rings is 3. The number of likely N-dealkylation sites (N-methyl/N-ethyl adjacent to an activating group) is 1. The van der Waals surface area contributed by atoms with Crippen LogP contribution in [0.5, 0.6) is 0 Å². The highest BCUT2D eigenvalue weighted by atomic mass is 16.7. The molecule has 3 unspecified atom stereocenters. The number of hydroxylamine groups is 1. The maximum Gasteiger partial charge on any atom is 0.243 e. The molecular weight excluding hydrogens is 534 g/mol. The van der Waals surface area contributed by atoms with Gasteiger partial charge in [0.25, 0.3) is 0 Å². The quantitative estimate of drug-likeness (QED) is 0.127. The summed E-state index contributed by atoms with van der Waals surface area (Å²) in [5.41, 5.74) is 6.61. The molecule has 0 saturated carbocycles. The van der Waals surface area contributed by atoms with Gasteiger partial charge < -0.3 is 19.9 Å². The van der Waals surface area contributed by atoms with Gasteiger partial charge in [-0.05, 0) is 42.1 Å². The lowest BCUT2D eigenvalue weighted by Crippen LogP contribution is -2.37. The summed E-state index contributed by atoms with van der Waals surface area (Å²) in [6.07, 6.45) is 1.57. The largest absolute Gasteiger partial charge is 0.392 e. The molecule has 0 radical (unpaired) electrons. The Bertz CT molecular complexity index is 1250. The Morgan fingerprint density at radius 3 is 2.14 bits per heavy atom. The third kappa shape index (κ3) is 9.75. The summed E-state index contributed by atoms with van der Waals surface area (Å²) in [5, 5.41) is 20.9. The molecule has 1 aliphatic rings. The molecule has 9 nitrogen and oxygen atoms in total. The predicted molar refractivity (Wildman–Crippen MR) is 158 cm³/mol. The lowest BCUT2D eigenvalue weighted by molar-refractivity contribution is -0.252.